The Kier molecular flexibility index (Phi) is 9.40. The molecule has 6 nitrogen and oxygen atoms in total. The highest BCUT2D eigenvalue weighted by Gasteiger charge is 2.01. The number of anilines is 1. The quantitative estimate of drug-likeness (QED) is 0.598. The van der Waals surface area contributed by atoms with Gasteiger partial charge in [-0.05, 0) is 6.42 Å². The molecule has 0 aliphatic carbocycles. The van der Waals surface area contributed by atoms with Crippen molar-refractivity contribution in [1.82, 2.24) is 9.78 Å². The van der Waals surface area contributed by atoms with E-state index in [0.717, 1.165) is 19.4 Å². The number of halogens is 1. The molecule has 0 saturated heterocycles. The number of aromatic nitrogens is 2. The lowest BCUT2D eigenvalue weighted by atomic mass is 10.4. The van der Waals surface area contributed by atoms with E-state index in [-0.39, 0.29) is 0 Å². The van der Waals surface area contributed by atoms with Gasteiger partial charge in [-0.3, -0.25) is 4.68 Å². The fourth-order valence-electron chi connectivity index (χ4n) is 1.47. The molecule has 0 aliphatic heterocycles. The molecule has 0 aromatic carbocycles. The molecule has 1 aromatic heterocycles. The van der Waals surface area contributed by atoms with Crippen molar-refractivity contribution in [2.75, 3.05) is 45.4 Å². The molecule has 1 heterocycles. The first-order valence-electron chi connectivity index (χ1n) is 6.95. The number of rotatable bonds is 12. The lowest BCUT2D eigenvalue weighted by Gasteiger charge is -2.06. The third-order valence-electron chi connectivity index (χ3n) is 2.59. The van der Waals surface area contributed by atoms with Crippen LogP contribution in [0.4, 0.5) is 5.82 Å². The summed E-state index contributed by atoms with van der Waals surface area (Å²) in [6.07, 6.45) is 3.94. The van der Waals surface area contributed by atoms with Crippen LogP contribution in [-0.4, -0.2) is 49.4 Å². The number of hydrogen-bond donors (Lipinski definition) is 1. The summed E-state index contributed by atoms with van der Waals surface area (Å²) < 4.78 is 17.8. The lowest BCUT2D eigenvalue weighted by molar-refractivity contribution is 0.0123. The van der Waals surface area contributed by atoms with E-state index in [1.165, 1.54) is 0 Å². The summed E-state index contributed by atoms with van der Waals surface area (Å²) in [5.41, 5.74) is 5.53. The number of ether oxygens (including phenoxy) is 3. The Labute approximate surface area is 125 Å². The summed E-state index contributed by atoms with van der Waals surface area (Å²) in [5, 5.41) is 4.50. The molecule has 0 amide bonds. The van der Waals surface area contributed by atoms with E-state index < -0.39 is 0 Å². The predicted molar refractivity (Wildman–Crippen MR) is 79.0 cm³/mol. The molecule has 0 fully saturated rings. The van der Waals surface area contributed by atoms with Crippen LogP contribution in [0.15, 0.2) is 6.20 Å². The van der Waals surface area contributed by atoms with Crippen molar-refractivity contribution in [3.8, 4) is 0 Å². The minimum atomic E-state index is 0.345. The van der Waals surface area contributed by atoms with Gasteiger partial charge < -0.3 is 19.9 Å². The molecule has 2 N–H and O–H groups in total. The van der Waals surface area contributed by atoms with Crippen molar-refractivity contribution in [3.63, 3.8) is 0 Å². The van der Waals surface area contributed by atoms with Gasteiger partial charge in [-0.2, -0.15) is 5.10 Å². The SMILES string of the molecule is CCCCOCCOCCOCCn1cc(Cl)c(N)n1. The first-order chi connectivity index (χ1) is 9.74. The van der Waals surface area contributed by atoms with E-state index >= 15 is 0 Å². The normalized spacial score (nSPS) is 11.1. The van der Waals surface area contributed by atoms with Crippen molar-refractivity contribution in [1.29, 1.82) is 0 Å². The van der Waals surface area contributed by atoms with Gasteiger partial charge in [0.1, 0.15) is 5.02 Å². The number of nitrogens with zero attached hydrogens (tertiary/aromatic N) is 2. The Morgan fingerprint density at radius 3 is 2.25 bits per heavy atom. The molecule has 20 heavy (non-hydrogen) atoms. The van der Waals surface area contributed by atoms with Gasteiger partial charge in [0, 0.05) is 12.8 Å². The molecule has 0 saturated carbocycles. The van der Waals surface area contributed by atoms with Crippen LogP contribution in [0.5, 0.6) is 0 Å². The predicted octanol–water partition coefficient (Wildman–Crippen LogP) is 1.97. The molecule has 1 aromatic rings. The fraction of sp³-hybridized carbons (Fsp3) is 0.769. The maximum absolute atomic E-state index is 5.79. The van der Waals surface area contributed by atoms with Crippen molar-refractivity contribution in [2.24, 2.45) is 0 Å². The van der Waals surface area contributed by atoms with Crippen LogP contribution < -0.4 is 5.73 Å². The minimum Gasteiger partial charge on any atom is -0.381 e. The zero-order chi connectivity index (χ0) is 14.6. The maximum Gasteiger partial charge on any atom is 0.164 e. The third-order valence-corrected chi connectivity index (χ3v) is 2.89. The molecule has 7 heteroatoms. The molecule has 116 valence electrons. The summed E-state index contributed by atoms with van der Waals surface area (Å²) in [5.74, 6) is 0.345. The average molecular weight is 306 g/mol. The average Bonchev–Trinajstić information content (AvgIpc) is 2.75. The molecule has 0 unspecified atom stereocenters. The highest BCUT2D eigenvalue weighted by atomic mass is 35.5. The number of hydrogen-bond acceptors (Lipinski definition) is 5. The Morgan fingerprint density at radius 1 is 1.10 bits per heavy atom. The van der Waals surface area contributed by atoms with Gasteiger partial charge in [0.2, 0.25) is 0 Å². The number of unbranched alkanes of at least 4 members (excludes halogenated alkanes) is 1. The zero-order valence-corrected chi connectivity index (χ0v) is 12.8. The lowest BCUT2D eigenvalue weighted by Crippen LogP contribution is -2.12. The van der Waals surface area contributed by atoms with Gasteiger partial charge in [-0.1, -0.05) is 24.9 Å². The van der Waals surface area contributed by atoms with E-state index in [9.17, 15) is 0 Å². The van der Waals surface area contributed by atoms with E-state index in [0.29, 0.717) is 50.4 Å². The van der Waals surface area contributed by atoms with Gasteiger partial charge in [-0.25, -0.2) is 0 Å². The van der Waals surface area contributed by atoms with Crippen LogP contribution in [0.3, 0.4) is 0 Å². The van der Waals surface area contributed by atoms with Gasteiger partial charge >= 0.3 is 0 Å². The van der Waals surface area contributed by atoms with Crippen LogP contribution in [0.2, 0.25) is 5.02 Å². The smallest absolute Gasteiger partial charge is 0.164 e. The number of nitrogens with two attached hydrogens (primary N) is 1. The van der Waals surface area contributed by atoms with Crippen molar-refractivity contribution in [3.05, 3.63) is 11.2 Å². The van der Waals surface area contributed by atoms with Gasteiger partial charge in [0.15, 0.2) is 5.82 Å². The van der Waals surface area contributed by atoms with E-state index in [1.54, 1.807) is 10.9 Å². The van der Waals surface area contributed by atoms with Crippen molar-refractivity contribution < 1.29 is 14.2 Å². The minimum absolute atomic E-state index is 0.345. The summed E-state index contributed by atoms with van der Waals surface area (Å²) >= 11 is 5.79. The number of nitrogen functional groups attached to an aromatic ring is 1. The Bertz CT molecular complexity index is 341. The molecule has 0 radical (unpaired) electrons. The summed E-state index contributed by atoms with van der Waals surface area (Å²) in [7, 11) is 0. The van der Waals surface area contributed by atoms with E-state index in [4.69, 9.17) is 31.5 Å². The fourth-order valence-corrected chi connectivity index (χ4v) is 1.62. The first kappa shape index (κ1) is 17.2. The van der Waals surface area contributed by atoms with Crippen LogP contribution in [0.25, 0.3) is 0 Å². The topological polar surface area (TPSA) is 71.5 Å². The molecular weight excluding hydrogens is 282 g/mol. The largest absolute Gasteiger partial charge is 0.381 e. The molecule has 1 rings (SSSR count). The zero-order valence-electron chi connectivity index (χ0n) is 12.0. The second kappa shape index (κ2) is 10.9. The molecule has 0 bridgehead atoms. The van der Waals surface area contributed by atoms with Gasteiger partial charge in [-0.15, -0.1) is 0 Å². The molecule has 0 spiro atoms. The van der Waals surface area contributed by atoms with E-state index in [2.05, 4.69) is 12.0 Å². The second-order valence-electron chi connectivity index (χ2n) is 4.32. The van der Waals surface area contributed by atoms with Crippen molar-refractivity contribution in [2.45, 2.75) is 26.3 Å². The van der Waals surface area contributed by atoms with Crippen LogP contribution in [-0.2, 0) is 20.8 Å². The molecule has 0 aliphatic rings. The Balaban J connectivity index is 1.85. The third kappa shape index (κ3) is 7.69. The first-order valence-corrected chi connectivity index (χ1v) is 7.33. The standard InChI is InChI=1S/C13H24ClN3O3/c1-2-3-5-18-7-9-20-10-8-19-6-4-17-11-12(14)13(15)16-17/h11H,2-10H2,1H3,(H2,15,16). The van der Waals surface area contributed by atoms with Crippen LogP contribution in [0, 0.1) is 0 Å². The highest BCUT2D eigenvalue weighted by Crippen LogP contribution is 2.14. The van der Waals surface area contributed by atoms with Crippen molar-refractivity contribution >= 4 is 17.4 Å². The molecule has 0 atom stereocenters. The Hall–Kier alpha value is -0.820. The van der Waals surface area contributed by atoms with Crippen LogP contribution in [0.1, 0.15) is 19.8 Å². The van der Waals surface area contributed by atoms with Gasteiger partial charge in [0.25, 0.3) is 0 Å². The van der Waals surface area contributed by atoms with E-state index in [1.807, 2.05) is 0 Å². The second-order valence-corrected chi connectivity index (χ2v) is 4.72. The molecular formula is C13H24ClN3O3. The maximum atomic E-state index is 5.79. The highest BCUT2D eigenvalue weighted by molar-refractivity contribution is 6.32. The summed E-state index contributed by atoms with van der Waals surface area (Å²) in [4.78, 5) is 0. The monoisotopic (exact) mass is 305 g/mol. The Morgan fingerprint density at radius 2 is 1.70 bits per heavy atom. The van der Waals surface area contributed by atoms with Gasteiger partial charge in [0.05, 0.1) is 39.6 Å². The van der Waals surface area contributed by atoms with Crippen LogP contribution >= 0.6 is 11.6 Å². The summed E-state index contributed by atoms with van der Waals surface area (Å²) in [6.45, 7) is 6.50. The summed E-state index contributed by atoms with van der Waals surface area (Å²) in [6, 6.07) is 0.